The van der Waals surface area contributed by atoms with Crippen molar-refractivity contribution < 1.29 is 4.79 Å². The number of nitrogens with one attached hydrogen (secondary N) is 2. The van der Waals surface area contributed by atoms with E-state index in [9.17, 15) is 4.79 Å². The first kappa shape index (κ1) is 19.5. The standard InChI is InChI=1S/C26H22N6O/c33-26(29-22-10-4-6-16-5-1-2-9-20(16)22)19-8-3-7-17(13-19)24-21-14-18(25-27-15-28-32-25)11-12-23(21)30-31-24/h3-4,6-8,11-15H,1-2,5,9-10H2,(H,30,31)(H,27,28,32). The molecule has 2 aromatic carbocycles. The Balaban J connectivity index is 1.35. The second-order valence-electron chi connectivity index (χ2n) is 8.43. The van der Waals surface area contributed by atoms with Gasteiger partial charge in [0.1, 0.15) is 6.33 Å². The minimum atomic E-state index is -0.207. The molecule has 162 valence electrons. The minimum Gasteiger partial charge on any atom is -0.277 e. The minimum absolute atomic E-state index is 0.207. The fraction of sp³-hybridized carbons (Fsp3) is 0.192. The lowest BCUT2D eigenvalue weighted by Crippen LogP contribution is -2.14. The number of amides is 1. The first-order chi connectivity index (χ1) is 16.3. The van der Waals surface area contributed by atoms with Crippen molar-refractivity contribution in [2.75, 3.05) is 0 Å². The van der Waals surface area contributed by atoms with E-state index < -0.39 is 0 Å². The van der Waals surface area contributed by atoms with Gasteiger partial charge in [-0.2, -0.15) is 10.2 Å². The molecule has 7 heteroatoms. The number of hydrogen-bond acceptors (Lipinski definition) is 4. The normalized spacial score (nSPS) is 17.0. The zero-order valence-corrected chi connectivity index (χ0v) is 18.0. The number of rotatable bonds is 3. The Morgan fingerprint density at radius 1 is 1.00 bits per heavy atom. The van der Waals surface area contributed by atoms with E-state index in [0.717, 1.165) is 59.1 Å². The monoisotopic (exact) mass is 434 g/mol. The number of allylic oxidation sites excluding steroid dienone is 4. The molecule has 0 bridgehead atoms. The molecule has 0 unspecified atom stereocenters. The molecule has 0 saturated carbocycles. The van der Waals surface area contributed by atoms with E-state index in [1.807, 2.05) is 42.5 Å². The predicted molar refractivity (Wildman–Crippen MR) is 128 cm³/mol. The molecule has 4 aromatic rings. The number of carbonyl (C=O) groups excluding carboxylic acids is 1. The molecule has 2 N–H and O–H groups in total. The van der Waals surface area contributed by atoms with E-state index in [0.29, 0.717) is 11.4 Å². The second kappa shape index (κ2) is 8.09. The fourth-order valence-electron chi connectivity index (χ4n) is 4.70. The number of aromatic amines is 2. The van der Waals surface area contributed by atoms with Crippen LogP contribution in [0.1, 0.15) is 42.5 Å². The summed E-state index contributed by atoms with van der Waals surface area (Å²) in [5.74, 6) is 0.489. The van der Waals surface area contributed by atoms with Crippen LogP contribution < -0.4 is 0 Å². The molecule has 2 aliphatic rings. The Morgan fingerprint density at radius 3 is 2.85 bits per heavy atom. The predicted octanol–water partition coefficient (Wildman–Crippen LogP) is 5.43. The summed E-state index contributed by atoms with van der Waals surface area (Å²) in [4.78, 5) is 21.9. The summed E-state index contributed by atoms with van der Waals surface area (Å²) in [5, 5.41) is 15.4. The Bertz CT molecular complexity index is 1460. The molecule has 1 amide bonds. The van der Waals surface area contributed by atoms with Gasteiger partial charge in [0.2, 0.25) is 0 Å². The summed E-state index contributed by atoms with van der Waals surface area (Å²) in [5.41, 5.74) is 7.58. The van der Waals surface area contributed by atoms with Crippen LogP contribution in [0.4, 0.5) is 0 Å². The van der Waals surface area contributed by atoms with Crippen molar-refractivity contribution in [3.05, 3.63) is 77.7 Å². The maximum absolute atomic E-state index is 13.1. The largest absolute Gasteiger partial charge is 0.277 e. The highest BCUT2D eigenvalue weighted by Crippen LogP contribution is 2.32. The summed E-state index contributed by atoms with van der Waals surface area (Å²) >= 11 is 0. The lowest BCUT2D eigenvalue weighted by molar-refractivity contribution is 0.100. The molecule has 0 saturated heterocycles. The molecular formula is C26H22N6O. The maximum Gasteiger partial charge on any atom is 0.277 e. The molecule has 0 spiro atoms. The number of hydrogen-bond donors (Lipinski definition) is 2. The number of aliphatic imine (C=N–C) groups is 1. The quantitative estimate of drug-likeness (QED) is 0.449. The van der Waals surface area contributed by atoms with E-state index in [2.05, 4.69) is 42.5 Å². The summed E-state index contributed by atoms with van der Waals surface area (Å²) in [7, 11) is 0. The number of fused-ring (bicyclic) bond motifs is 1. The summed E-state index contributed by atoms with van der Waals surface area (Å²) < 4.78 is 0. The average Bonchev–Trinajstić information content (AvgIpc) is 3.54. The van der Waals surface area contributed by atoms with Crippen molar-refractivity contribution in [2.24, 2.45) is 4.99 Å². The number of aromatic nitrogens is 5. The maximum atomic E-state index is 13.1. The average molecular weight is 435 g/mol. The van der Waals surface area contributed by atoms with E-state index in [1.54, 1.807) is 0 Å². The zero-order chi connectivity index (χ0) is 22.2. The highest BCUT2D eigenvalue weighted by Gasteiger charge is 2.20. The fourth-order valence-corrected chi connectivity index (χ4v) is 4.70. The van der Waals surface area contributed by atoms with Crippen LogP contribution in [0, 0.1) is 0 Å². The van der Waals surface area contributed by atoms with Gasteiger partial charge in [0.25, 0.3) is 5.91 Å². The van der Waals surface area contributed by atoms with E-state index in [-0.39, 0.29) is 5.91 Å². The van der Waals surface area contributed by atoms with Gasteiger partial charge in [-0.05, 0) is 67.2 Å². The van der Waals surface area contributed by atoms with Crippen molar-refractivity contribution in [3.8, 4) is 22.6 Å². The third kappa shape index (κ3) is 3.61. The van der Waals surface area contributed by atoms with E-state index >= 15 is 0 Å². The Morgan fingerprint density at radius 2 is 1.94 bits per heavy atom. The highest BCUT2D eigenvalue weighted by atomic mass is 16.1. The molecule has 2 heterocycles. The van der Waals surface area contributed by atoms with Crippen molar-refractivity contribution in [1.29, 1.82) is 0 Å². The van der Waals surface area contributed by atoms with Crippen molar-refractivity contribution >= 4 is 22.5 Å². The van der Waals surface area contributed by atoms with E-state index in [1.165, 1.54) is 23.9 Å². The lowest BCUT2D eigenvalue weighted by Gasteiger charge is -2.22. The molecule has 2 aliphatic carbocycles. The van der Waals surface area contributed by atoms with Crippen LogP contribution in [0.25, 0.3) is 33.5 Å². The number of carbonyl (C=O) groups is 1. The van der Waals surface area contributed by atoms with Gasteiger partial charge in [-0.15, -0.1) is 0 Å². The van der Waals surface area contributed by atoms with Crippen LogP contribution in [-0.4, -0.2) is 37.0 Å². The van der Waals surface area contributed by atoms with Crippen LogP contribution in [0.5, 0.6) is 0 Å². The molecule has 0 atom stereocenters. The molecule has 0 radical (unpaired) electrons. The molecule has 6 rings (SSSR count). The Labute approximate surface area is 190 Å². The summed E-state index contributed by atoms with van der Waals surface area (Å²) in [6.07, 6.45) is 11.0. The summed E-state index contributed by atoms with van der Waals surface area (Å²) in [6.45, 7) is 0. The molecule has 0 aliphatic heterocycles. The van der Waals surface area contributed by atoms with Gasteiger partial charge in [0, 0.05) is 28.5 Å². The number of benzene rings is 2. The van der Waals surface area contributed by atoms with Gasteiger partial charge in [0.15, 0.2) is 5.82 Å². The van der Waals surface area contributed by atoms with Gasteiger partial charge in [-0.25, -0.2) is 9.98 Å². The lowest BCUT2D eigenvalue weighted by atomic mass is 9.84. The molecule has 7 nitrogen and oxygen atoms in total. The van der Waals surface area contributed by atoms with Crippen molar-refractivity contribution in [2.45, 2.75) is 32.1 Å². The first-order valence-electron chi connectivity index (χ1n) is 11.2. The summed E-state index contributed by atoms with van der Waals surface area (Å²) in [6, 6.07) is 13.5. The third-order valence-electron chi connectivity index (χ3n) is 6.36. The van der Waals surface area contributed by atoms with Crippen molar-refractivity contribution in [3.63, 3.8) is 0 Å². The van der Waals surface area contributed by atoms with Crippen LogP contribution in [0.15, 0.2) is 77.1 Å². The first-order valence-corrected chi connectivity index (χ1v) is 11.2. The van der Waals surface area contributed by atoms with Crippen molar-refractivity contribution in [1.82, 2.24) is 25.4 Å². The number of nitrogens with zero attached hydrogens (tertiary/aromatic N) is 4. The molecule has 2 aromatic heterocycles. The van der Waals surface area contributed by atoms with Gasteiger partial charge < -0.3 is 0 Å². The smallest absolute Gasteiger partial charge is 0.277 e. The van der Waals surface area contributed by atoms with Gasteiger partial charge in [-0.1, -0.05) is 24.3 Å². The second-order valence-corrected chi connectivity index (χ2v) is 8.43. The Hall–Kier alpha value is -4.13. The van der Waals surface area contributed by atoms with Crippen LogP contribution in [-0.2, 0) is 0 Å². The molecule has 33 heavy (non-hydrogen) atoms. The Kier molecular flexibility index (Phi) is 4.79. The van der Waals surface area contributed by atoms with Crippen LogP contribution >= 0.6 is 0 Å². The highest BCUT2D eigenvalue weighted by molar-refractivity contribution is 6.12. The topological polar surface area (TPSA) is 99.7 Å². The molecule has 0 fully saturated rings. The third-order valence-corrected chi connectivity index (χ3v) is 6.36. The van der Waals surface area contributed by atoms with Crippen LogP contribution in [0.2, 0.25) is 0 Å². The SMILES string of the molecule is O=C(N=C1CC=CC2=C1CCCC2)c1cccc(-c2n[nH]c3ccc(-c4ncn[nH]4)cc23)c1. The van der Waals surface area contributed by atoms with E-state index in [4.69, 9.17) is 0 Å². The zero-order valence-electron chi connectivity index (χ0n) is 18.0. The van der Waals surface area contributed by atoms with Gasteiger partial charge >= 0.3 is 0 Å². The van der Waals surface area contributed by atoms with Gasteiger partial charge in [0.05, 0.1) is 16.9 Å². The van der Waals surface area contributed by atoms with Crippen LogP contribution in [0.3, 0.4) is 0 Å². The van der Waals surface area contributed by atoms with Gasteiger partial charge in [-0.3, -0.25) is 15.0 Å². The molecular weight excluding hydrogens is 412 g/mol. The number of H-pyrrole nitrogens is 2.